The summed E-state index contributed by atoms with van der Waals surface area (Å²) in [4.78, 5) is 2.68. The number of likely N-dealkylation sites (tertiary alicyclic amines) is 1. The summed E-state index contributed by atoms with van der Waals surface area (Å²) in [5, 5.41) is 3.35. The highest BCUT2D eigenvalue weighted by Crippen LogP contribution is 2.17. The summed E-state index contributed by atoms with van der Waals surface area (Å²) in [6.07, 6.45) is 5.70. The van der Waals surface area contributed by atoms with E-state index in [9.17, 15) is 0 Å². The maximum Gasteiger partial charge on any atom is -0.000778 e. The van der Waals surface area contributed by atoms with Gasteiger partial charge in [-0.3, -0.25) is 0 Å². The van der Waals surface area contributed by atoms with E-state index >= 15 is 0 Å². The van der Waals surface area contributed by atoms with Gasteiger partial charge in [-0.15, -0.1) is 0 Å². The quantitative estimate of drug-likeness (QED) is 0.739. The molecule has 2 heteroatoms. The summed E-state index contributed by atoms with van der Waals surface area (Å²) in [6.45, 7) is 8.98. The van der Waals surface area contributed by atoms with Crippen molar-refractivity contribution in [2.24, 2.45) is 11.8 Å². The Balaban J connectivity index is 1.63. The van der Waals surface area contributed by atoms with Crippen molar-refractivity contribution in [2.45, 2.75) is 32.6 Å². The van der Waals surface area contributed by atoms with Crippen molar-refractivity contribution in [1.82, 2.24) is 10.2 Å². The summed E-state index contributed by atoms with van der Waals surface area (Å²) in [5.74, 6) is 1.95. The van der Waals surface area contributed by atoms with Crippen LogP contribution in [-0.2, 0) is 0 Å². The Hall–Kier alpha value is -0.0800. The monoisotopic (exact) mass is 196 g/mol. The predicted octanol–water partition coefficient (Wildman–Crippen LogP) is 1.72. The van der Waals surface area contributed by atoms with Crippen molar-refractivity contribution in [3.8, 4) is 0 Å². The molecule has 1 unspecified atom stereocenters. The fourth-order valence-corrected chi connectivity index (χ4v) is 2.46. The van der Waals surface area contributed by atoms with Crippen LogP contribution in [0.4, 0.5) is 0 Å². The van der Waals surface area contributed by atoms with Gasteiger partial charge >= 0.3 is 0 Å². The minimum atomic E-state index is 0.963. The topological polar surface area (TPSA) is 15.3 Å². The first-order valence-electron chi connectivity index (χ1n) is 6.27. The highest BCUT2D eigenvalue weighted by molar-refractivity contribution is 4.76. The minimum absolute atomic E-state index is 0.963. The van der Waals surface area contributed by atoms with E-state index < -0.39 is 0 Å². The molecule has 2 heterocycles. The molecule has 0 aromatic rings. The van der Waals surface area contributed by atoms with Crippen molar-refractivity contribution in [3.05, 3.63) is 0 Å². The SMILES string of the molecule is CC1CCCN(CCC2CNC2)CC1. The average Bonchev–Trinajstić information content (AvgIpc) is 2.28. The molecular formula is C12H24N2. The summed E-state index contributed by atoms with van der Waals surface area (Å²) in [5.41, 5.74) is 0. The van der Waals surface area contributed by atoms with Gasteiger partial charge in [0, 0.05) is 0 Å². The van der Waals surface area contributed by atoms with Crippen molar-refractivity contribution >= 4 is 0 Å². The molecule has 1 atom stereocenters. The average molecular weight is 196 g/mol. The normalized spacial score (nSPS) is 31.1. The highest BCUT2D eigenvalue weighted by atomic mass is 15.1. The predicted molar refractivity (Wildman–Crippen MR) is 60.4 cm³/mol. The molecule has 0 saturated carbocycles. The zero-order valence-electron chi connectivity index (χ0n) is 9.47. The third-order valence-corrected chi connectivity index (χ3v) is 3.83. The molecule has 2 fully saturated rings. The van der Waals surface area contributed by atoms with Crippen molar-refractivity contribution in [1.29, 1.82) is 0 Å². The molecule has 2 aliphatic rings. The van der Waals surface area contributed by atoms with Crippen molar-refractivity contribution < 1.29 is 0 Å². The second-order valence-electron chi connectivity index (χ2n) is 5.19. The molecule has 0 radical (unpaired) electrons. The lowest BCUT2D eigenvalue weighted by Gasteiger charge is -2.29. The maximum atomic E-state index is 3.35. The van der Waals surface area contributed by atoms with E-state index in [1.54, 1.807) is 0 Å². The van der Waals surface area contributed by atoms with Crippen LogP contribution < -0.4 is 5.32 Å². The van der Waals surface area contributed by atoms with Crippen LogP contribution in [-0.4, -0.2) is 37.6 Å². The first-order chi connectivity index (χ1) is 6.84. The van der Waals surface area contributed by atoms with Gasteiger partial charge in [-0.25, -0.2) is 0 Å². The fraction of sp³-hybridized carbons (Fsp3) is 1.00. The molecule has 2 rings (SSSR count). The largest absolute Gasteiger partial charge is 0.316 e. The van der Waals surface area contributed by atoms with Gasteiger partial charge in [0.2, 0.25) is 0 Å². The van der Waals surface area contributed by atoms with Crippen LogP contribution in [0.5, 0.6) is 0 Å². The Morgan fingerprint density at radius 1 is 1.21 bits per heavy atom. The summed E-state index contributed by atoms with van der Waals surface area (Å²) >= 11 is 0. The Labute approximate surface area is 88.1 Å². The van der Waals surface area contributed by atoms with E-state index in [0.29, 0.717) is 0 Å². The molecule has 2 saturated heterocycles. The van der Waals surface area contributed by atoms with Gasteiger partial charge in [-0.2, -0.15) is 0 Å². The Bertz CT molecular complexity index is 166. The lowest BCUT2D eigenvalue weighted by atomic mass is 9.99. The molecule has 2 nitrogen and oxygen atoms in total. The number of hydrogen-bond acceptors (Lipinski definition) is 2. The number of nitrogens with zero attached hydrogens (tertiary/aromatic N) is 1. The van der Waals surface area contributed by atoms with Crippen LogP contribution in [0.15, 0.2) is 0 Å². The lowest BCUT2D eigenvalue weighted by Crippen LogP contribution is -2.43. The van der Waals surface area contributed by atoms with Gasteiger partial charge in [-0.05, 0) is 70.2 Å². The Morgan fingerprint density at radius 2 is 2.07 bits per heavy atom. The second-order valence-corrected chi connectivity index (χ2v) is 5.19. The Morgan fingerprint density at radius 3 is 2.79 bits per heavy atom. The molecule has 82 valence electrons. The first kappa shape index (κ1) is 10.4. The molecule has 0 aliphatic carbocycles. The van der Waals surface area contributed by atoms with Gasteiger partial charge in [0.25, 0.3) is 0 Å². The third-order valence-electron chi connectivity index (χ3n) is 3.83. The molecule has 0 bridgehead atoms. The van der Waals surface area contributed by atoms with Crippen molar-refractivity contribution in [3.63, 3.8) is 0 Å². The van der Waals surface area contributed by atoms with Crippen LogP contribution in [0, 0.1) is 11.8 Å². The number of nitrogens with one attached hydrogen (secondary N) is 1. The molecule has 0 amide bonds. The van der Waals surface area contributed by atoms with Crippen LogP contribution >= 0.6 is 0 Å². The number of rotatable bonds is 3. The van der Waals surface area contributed by atoms with E-state index in [4.69, 9.17) is 0 Å². The molecule has 1 N–H and O–H groups in total. The smallest absolute Gasteiger partial charge is 0.000778 e. The standard InChI is InChI=1S/C12H24N2/c1-11-3-2-6-14(7-4-11)8-5-12-9-13-10-12/h11-13H,2-10H2,1H3. The molecular weight excluding hydrogens is 172 g/mol. The highest BCUT2D eigenvalue weighted by Gasteiger charge is 2.19. The van der Waals surface area contributed by atoms with Crippen molar-refractivity contribution in [2.75, 3.05) is 32.7 Å². The third kappa shape index (κ3) is 2.96. The molecule has 14 heavy (non-hydrogen) atoms. The van der Waals surface area contributed by atoms with E-state index in [-0.39, 0.29) is 0 Å². The first-order valence-corrected chi connectivity index (χ1v) is 6.27. The Kier molecular flexibility index (Phi) is 3.82. The van der Waals surface area contributed by atoms with Crippen LogP contribution in [0.3, 0.4) is 0 Å². The lowest BCUT2D eigenvalue weighted by molar-refractivity contribution is 0.230. The van der Waals surface area contributed by atoms with E-state index in [2.05, 4.69) is 17.1 Å². The molecule has 0 spiro atoms. The van der Waals surface area contributed by atoms with Crippen LogP contribution in [0.1, 0.15) is 32.6 Å². The van der Waals surface area contributed by atoms with Gasteiger partial charge in [0.1, 0.15) is 0 Å². The fourth-order valence-electron chi connectivity index (χ4n) is 2.46. The van der Waals surface area contributed by atoms with E-state index in [1.165, 1.54) is 58.4 Å². The van der Waals surface area contributed by atoms with Gasteiger partial charge < -0.3 is 10.2 Å². The number of hydrogen-bond donors (Lipinski definition) is 1. The zero-order chi connectivity index (χ0) is 9.80. The summed E-state index contributed by atoms with van der Waals surface area (Å²) in [7, 11) is 0. The molecule has 2 aliphatic heterocycles. The summed E-state index contributed by atoms with van der Waals surface area (Å²) in [6, 6.07) is 0. The maximum absolute atomic E-state index is 3.35. The molecule has 0 aromatic carbocycles. The van der Waals surface area contributed by atoms with Gasteiger partial charge in [0.15, 0.2) is 0 Å². The second kappa shape index (κ2) is 5.13. The molecule has 0 aromatic heterocycles. The van der Waals surface area contributed by atoms with E-state index in [1.807, 2.05) is 0 Å². The van der Waals surface area contributed by atoms with E-state index in [0.717, 1.165) is 11.8 Å². The van der Waals surface area contributed by atoms with Crippen LogP contribution in [0.2, 0.25) is 0 Å². The van der Waals surface area contributed by atoms with Gasteiger partial charge in [-0.1, -0.05) is 6.92 Å². The summed E-state index contributed by atoms with van der Waals surface area (Å²) < 4.78 is 0. The zero-order valence-corrected chi connectivity index (χ0v) is 9.47. The minimum Gasteiger partial charge on any atom is -0.316 e. The van der Waals surface area contributed by atoms with Crippen LogP contribution in [0.25, 0.3) is 0 Å². The van der Waals surface area contributed by atoms with Gasteiger partial charge in [0.05, 0.1) is 0 Å².